The SMILES string of the molecule is Clc1ccc(C2=NCCC(c3ccc(Oc4ccccc4)cc3)=C2)c(Cl)c1. The van der Waals surface area contributed by atoms with E-state index in [0.717, 1.165) is 41.3 Å². The van der Waals surface area contributed by atoms with Crippen molar-refractivity contribution in [3.05, 3.63) is 100 Å². The molecule has 0 aliphatic carbocycles. The molecule has 0 N–H and O–H groups in total. The number of nitrogens with zero attached hydrogens (tertiary/aromatic N) is 1. The van der Waals surface area contributed by atoms with Crippen LogP contribution in [0.3, 0.4) is 0 Å². The average molecular weight is 394 g/mol. The Morgan fingerprint density at radius 3 is 2.30 bits per heavy atom. The second kappa shape index (κ2) is 7.99. The van der Waals surface area contributed by atoms with E-state index >= 15 is 0 Å². The minimum atomic E-state index is 0.616. The van der Waals surface area contributed by atoms with E-state index in [1.54, 1.807) is 6.07 Å². The maximum absolute atomic E-state index is 6.34. The molecule has 0 unspecified atom stereocenters. The minimum absolute atomic E-state index is 0.616. The van der Waals surface area contributed by atoms with Crippen molar-refractivity contribution in [2.45, 2.75) is 6.42 Å². The van der Waals surface area contributed by atoms with E-state index in [4.69, 9.17) is 27.9 Å². The summed E-state index contributed by atoms with van der Waals surface area (Å²) in [4.78, 5) is 4.63. The summed E-state index contributed by atoms with van der Waals surface area (Å²) in [6.07, 6.45) is 3.00. The van der Waals surface area contributed by atoms with Crippen LogP contribution in [0.4, 0.5) is 0 Å². The number of benzene rings is 3. The summed E-state index contributed by atoms with van der Waals surface area (Å²) in [5.41, 5.74) is 4.19. The molecule has 0 atom stereocenters. The van der Waals surface area contributed by atoms with Gasteiger partial charge in [-0.1, -0.05) is 53.5 Å². The van der Waals surface area contributed by atoms with Crippen molar-refractivity contribution in [2.24, 2.45) is 4.99 Å². The van der Waals surface area contributed by atoms with Gasteiger partial charge in [-0.25, -0.2) is 0 Å². The van der Waals surface area contributed by atoms with E-state index < -0.39 is 0 Å². The van der Waals surface area contributed by atoms with Crippen LogP contribution >= 0.6 is 23.2 Å². The number of halogens is 2. The third-order valence-electron chi connectivity index (χ3n) is 4.39. The van der Waals surface area contributed by atoms with Crippen molar-refractivity contribution < 1.29 is 4.74 Å². The van der Waals surface area contributed by atoms with E-state index in [2.05, 4.69) is 23.2 Å². The standard InChI is InChI=1S/C23H17Cl2NO/c24-18-8-11-21(22(25)15-18)23-14-17(12-13-26-23)16-6-9-20(10-7-16)27-19-4-2-1-3-5-19/h1-11,14-15H,12-13H2. The number of hydrogen-bond acceptors (Lipinski definition) is 2. The molecule has 134 valence electrons. The van der Waals surface area contributed by atoms with Gasteiger partial charge in [-0.3, -0.25) is 4.99 Å². The molecule has 3 aromatic carbocycles. The molecule has 0 amide bonds. The zero-order valence-electron chi connectivity index (χ0n) is 14.5. The molecule has 4 heteroatoms. The van der Waals surface area contributed by atoms with Crippen LogP contribution in [-0.2, 0) is 0 Å². The predicted molar refractivity (Wildman–Crippen MR) is 113 cm³/mol. The fourth-order valence-electron chi connectivity index (χ4n) is 3.03. The lowest BCUT2D eigenvalue weighted by Crippen LogP contribution is -2.06. The normalized spacial score (nSPS) is 13.7. The lowest BCUT2D eigenvalue weighted by molar-refractivity contribution is 0.482. The van der Waals surface area contributed by atoms with Crippen LogP contribution in [0, 0.1) is 0 Å². The molecule has 3 aromatic rings. The van der Waals surface area contributed by atoms with E-state index in [0.29, 0.717) is 10.0 Å². The van der Waals surface area contributed by atoms with Gasteiger partial charge in [0.25, 0.3) is 0 Å². The first kappa shape index (κ1) is 17.8. The van der Waals surface area contributed by atoms with E-state index in [-0.39, 0.29) is 0 Å². The first-order valence-electron chi connectivity index (χ1n) is 8.73. The van der Waals surface area contributed by atoms with Crippen LogP contribution in [0.25, 0.3) is 5.57 Å². The lowest BCUT2D eigenvalue weighted by atomic mass is 9.96. The molecule has 0 fully saturated rings. The second-order valence-electron chi connectivity index (χ2n) is 6.25. The number of para-hydroxylation sites is 1. The molecule has 0 spiro atoms. The number of ether oxygens (including phenoxy) is 1. The summed E-state index contributed by atoms with van der Waals surface area (Å²) >= 11 is 12.3. The van der Waals surface area contributed by atoms with Crippen molar-refractivity contribution in [2.75, 3.05) is 6.54 Å². The fraction of sp³-hybridized carbons (Fsp3) is 0.0870. The van der Waals surface area contributed by atoms with Crippen molar-refractivity contribution in [3.63, 3.8) is 0 Å². The quantitative estimate of drug-likeness (QED) is 0.464. The Balaban J connectivity index is 1.56. The summed E-state index contributed by atoms with van der Waals surface area (Å²) in [5.74, 6) is 1.64. The molecule has 0 aromatic heterocycles. The van der Waals surface area contributed by atoms with Crippen molar-refractivity contribution in [1.82, 2.24) is 0 Å². The lowest BCUT2D eigenvalue weighted by Gasteiger charge is -2.15. The first-order chi connectivity index (χ1) is 13.2. The first-order valence-corrected chi connectivity index (χ1v) is 9.48. The molecule has 0 saturated carbocycles. The smallest absolute Gasteiger partial charge is 0.127 e. The zero-order valence-corrected chi connectivity index (χ0v) is 16.0. The van der Waals surface area contributed by atoms with Gasteiger partial charge in [0.05, 0.1) is 10.7 Å². The van der Waals surface area contributed by atoms with Gasteiger partial charge in [0.2, 0.25) is 0 Å². The average Bonchev–Trinajstić information content (AvgIpc) is 2.69. The van der Waals surface area contributed by atoms with E-state index in [1.807, 2.05) is 54.6 Å². The highest BCUT2D eigenvalue weighted by molar-refractivity contribution is 6.37. The molecule has 1 aliphatic heterocycles. The highest BCUT2D eigenvalue weighted by Crippen LogP contribution is 2.29. The number of allylic oxidation sites excluding steroid dienone is 1. The summed E-state index contributed by atoms with van der Waals surface area (Å²) in [6.45, 7) is 0.738. The van der Waals surface area contributed by atoms with Gasteiger partial charge in [0.1, 0.15) is 11.5 Å². The maximum atomic E-state index is 6.34. The molecular weight excluding hydrogens is 377 g/mol. The van der Waals surface area contributed by atoms with Crippen LogP contribution in [0.2, 0.25) is 10.0 Å². The Bertz CT molecular complexity index is 1010. The molecule has 27 heavy (non-hydrogen) atoms. The Hall–Kier alpha value is -2.55. The van der Waals surface area contributed by atoms with Gasteiger partial charge >= 0.3 is 0 Å². The monoisotopic (exact) mass is 393 g/mol. The summed E-state index contributed by atoms with van der Waals surface area (Å²) in [7, 11) is 0. The van der Waals surface area contributed by atoms with Gasteiger partial charge in [-0.15, -0.1) is 0 Å². The second-order valence-corrected chi connectivity index (χ2v) is 7.09. The Labute approximate surface area is 168 Å². The molecule has 1 aliphatic rings. The zero-order chi connectivity index (χ0) is 18.6. The highest BCUT2D eigenvalue weighted by atomic mass is 35.5. The van der Waals surface area contributed by atoms with Crippen molar-refractivity contribution in [1.29, 1.82) is 0 Å². The van der Waals surface area contributed by atoms with Gasteiger partial charge in [0, 0.05) is 17.1 Å². The van der Waals surface area contributed by atoms with E-state index in [9.17, 15) is 0 Å². The molecule has 0 radical (unpaired) electrons. The van der Waals surface area contributed by atoms with Crippen molar-refractivity contribution in [3.8, 4) is 11.5 Å². The summed E-state index contributed by atoms with van der Waals surface area (Å²) < 4.78 is 5.86. The van der Waals surface area contributed by atoms with Crippen LogP contribution in [0.15, 0.2) is 83.9 Å². The highest BCUT2D eigenvalue weighted by Gasteiger charge is 2.13. The number of rotatable bonds is 4. The van der Waals surface area contributed by atoms with Gasteiger partial charge in [-0.05, 0) is 66.1 Å². The molecule has 0 saturated heterocycles. The number of aliphatic imine (C=N–C) groups is 1. The fourth-order valence-corrected chi connectivity index (χ4v) is 3.53. The third-order valence-corrected chi connectivity index (χ3v) is 4.93. The topological polar surface area (TPSA) is 21.6 Å². The maximum Gasteiger partial charge on any atom is 0.127 e. The van der Waals surface area contributed by atoms with Crippen LogP contribution in [0.1, 0.15) is 17.5 Å². The Morgan fingerprint density at radius 1 is 0.815 bits per heavy atom. The van der Waals surface area contributed by atoms with E-state index in [1.165, 1.54) is 5.57 Å². The van der Waals surface area contributed by atoms with Gasteiger partial charge < -0.3 is 4.74 Å². The molecule has 4 rings (SSSR count). The predicted octanol–water partition coefficient (Wildman–Crippen LogP) is 7.06. The third kappa shape index (κ3) is 4.24. The number of hydrogen-bond donors (Lipinski definition) is 0. The largest absolute Gasteiger partial charge is 0.457 e. The summed E-state index contributed by atoms with van der Waals surface area (Å²) in [6, 6.07) is 23.4. The molecular formula is C23H17Cl2NO. The van der Waals surface area contributed by atoms with Crippen molar-refractivity contribution >= 4 is 34.5 Å². The molecule has 2 nitrogen and oxygen atoms in total. The number of dihydropyridines is 1. The molecule has 0 bridgehead atoms. The minimum Gasteiger partial charge on any atom is -0.457 e. The Kier molecular flexibility index (Phi) is 5.28. The summed E-state index contributed by atoms with van der Waals surface area (Å²) in [5, 5.41) is 1.24. The van der Waals surface area contributed by atoms with Crippen LogP contribution in [0.5, 0.6) is 11.5 Å². The van der Waals surface area contributed by atoms with Crippen LogP contribution < -0.4 is 4.74 Å². The Morgan fingerprint density at radius 2 is 1.56 bits per heavy atom. The molecule has 1 heterocycles. The van der Waals surface area contributed by atoms with Gasteiger partial charge in [0.15, 0.2) is 0 Å². The van der Waals surface area contributed by atoms with Crippen LogP contribution in [-0.4, -0.2) is 12.3 Å². The van der Waals surface area contributed by atoms with Gasteiger partial charge in [-0.2, -0.15) is 0 Å².